The third-order valence-corrected chi connectivity index (χ3v) is 4.43. The Kier molecular flexibility index (Phi) is 7.18. The standard InChI is InChI=1S/C21H24N2O4/c1-3-4-5-9-12-23-20(25)17(13-22)15(2)19(21(23)26)18(24)14-27-16-10-7-6-8-11-16/h6-8,10-11,26H,3-5,9,12,14H2,1-2H3. The molecular weight excluding hydrogens is 344 g/mol. The van der Waals surface area contributed by atoms with Gasteiger partial charge in [-0.05, 0) is 31.0 Å². The van der Waals surface area contributed by atoms with Crippen molar-refractivity contribution in [2.24, 2.45) is 0 Å². The van der Waals surface area contributed by atoms with Gasteiger partial charge in [0.2, 0.25) is 11.7 Å². The molecule has 0 atom stereocenters. The molecule has 0 aliphatic rings. The van der Waals surface area contributed by atoms with Crippen LogP contribution in [0, 0.1) is 18.3 Å². The molecule has 1 N–H and O–H groups in total. The molecule has 0 unspecified atom stereocenters. The number of ether oxygens (including phenoxy) is 1. The highest BCUT2D eigenvalue weighted by molar-refractivity contribution is 6.01. The number of nitriles is 1. The minimum atomic E-state index is -0.565. The summed E-state index contributed by atoms with van der Waals surface area (Å²) in [5.41, 5.74) is -0.528. The number of hydrogen-bond acceptors (Lipinski definition) is 5. The second kappa shape index (κ2) is 9.58. The highest BCUT2D eigenvalue weighted by Crippen LogP contribution is 2.23. The lowest BCUT2D eigenvalue weighted by molar-refractivity contribution is 0.0916. The summed E-state index contributed by atoms with van der Waals surface area (Å²) in [6, 6.07) is 10.7. The molecule has 0 aliphatic heterocycles. The number of benzene rings is 1. The number of aromatic hydroxyl groups is 1. The fourth-order valence-corrected chi connectivity index (χ4v) is 2.93. The van der Waals surface area contributed by atoms with Gasteiger partial charge in [-0.15, -0.1) is 0 Å². The number of unbranched alkanes of at least 4 members (excludes halogenated alkanes) is 3. The van der Waals surface area contributed by atoms with Crippen molar-refractivity contribution >= 4 is 5.78 Å². The summed E-state index contributed by atoms with van der Waals surface area (Å²) in [6.07, 6.45) is 3.64. The third-order valence-electron chi connectivity index (χ3n) is 4.43. The van der Waals surface area contributed by atoms with Gasteiger partial charge in [-0.3, -0.25) is 14.2 Å². The topological polar surface area (TPSA) is 92.3 Å². The molecule has 142 valence electrons. The Bertz CT molecular complexity index is 895. The van der Waals surface area contributed by atoms with Crippen LogP contribution in [0.5, 0.6) is 11.6 Å². The molecule has 2 aromatic rings. The molecule has 1 aromatic heterocycles. The second-order valence-electron chi connectivity index (χ2n) is 6.35. The molecule has 6 nitrogen and oxygen atoms in total. The smallest absolute Gasteiger partial charge is 0.271 e. The summed E-state index contributed by atoms with van der Waals surface area (Å²) in [5.74, 6) is -0.348. The van der Waals surface area contributed by atoms with Gasteiger partial charge in [-0.25, -0.2) is 0 Å². The molecule has 0 aliphatic carbocycles. The molecule has 0 fully saturated rings. The molecule has 2 rings (SSSR count). The van der Waals surface area contributed by atoms with Crippen molar-refractivity contribution in [1.29, 1.82) is 5.26 Å². The zero-order valence-corrected chi connectivity index (χ0v) is 15.7. The van der Waals surface area contributed by atoms with E-state index in [0.717, 1.165) is 23.8 Å². The van der Waals surface area contributed by atoms with Gasteiger partial charge in [0.25, 0.3) is 5.56 Å². The van der Waals surface area contributed by atoms with E-state index in [4.69, 9.17) is 4.74 Å². The van der Waals surface area contributed by atoms with Crippen molar-refractivity contribution in [3.05, 3.63) is 57.4 Å². The Labute approximate surface area is 158 Å². The van der Waals surface area contributed by atoms with Gasteiger partial charge < -0.3 is 9.84 Å². The van der Waals surface area contributed by atoms with Crippen molar-refractivity contribution in [2.45, 2.75) is 46.1 Å². The Morgan fingerprint density at radius 3 is 2.56 bits per heavy atom. The summed E-state index contributed by atoms with van der Waals surface area (Å²) < 4.78 is 6.58. The third kappa shape index (κ3) is 4.76. The lowest BCUT2D eigenvalue weighted by Crippen LogP contribution is -2.27. The number of pyridine rings is 1. The summed E-state index contributed by atoms with van der Waals surface area (Å²) in [5, 5.41) is 19.9. The first-order valence-corrected chi connectivity index (χ1v) is 9.08. The zero-order chi connectivity index (χ0) is 19.8. The van der Waals surface area contributed by atoms with Crippen LogP contribution in [0.1, 0.15) is 54.1 Å². The van der Waals surface area contributed by atoms with E-state index in [-0.39, 0.29) is 29.8 Å². The van der Waals surface area contributed by atoms with Crippen molar-refractivity contribution in [3.63, 3.8) is 0 Å². The SMILES string of the molecule is CCCCCCn1c(O)c(C(=O)COc2ccccc2)c(C)c(C#N)c1=O. The molecule has 0 radical (unpaired) electrons. The lowest BCUT2D eigenvalue weighted by atomic mass is 10.0. The number of hydrogen-bond donors (Lipinski definition) is 1. The average Bonchev–Trinajstić information content (AvgIpc) is 2.67. The Balaban J connectivity index is 2.32. The second-order valence-corrected chi connectivity index (χ2v) is 6.35. The van der Waals surface area contributed by atoms with Crippen LogP contribution in [0.15, 0.2) is 35.1 Å². The number of ketones is 1. The van der Waals surface area contributed by atoms with Crippen molar-refractivity contribution in [3.8, 4) is 17.7 Å². The van der Waals surface area contributed by atoms with E-state index in [1.807, 2.05) is 12.1 Å². The van der Waals surface area contributed by atoms with Gasteiger partial charge in [0.1, 0.15) is 17.4 Å². The molecule has 0 amide bonds. The van der Waals surface area contributed by atoms with Gasteiger partial charge in [0.15, 0.2) is 6.61 Å². The van der Waals surface area contributed by atoms with Gasteiger partial charge in [-0.2, -0.15) is 5.26 Å². The van der Waals surface area contributed by atoms with Crippen molar-refractivity contribution in [2.75, 3.05) is 6.61 Å². The van der Waals surface area contributed by atoms with Gasteiger partial charge >= 0.3 is 0 Å². The maximum absolute atomic E-state index is 12.7. The van der Waals surface area contributed by atoms with Crippen molar-refractivity contribution in [1.82, 2.24) is 4.57 Å². The van der Waals surface area contributed by atoms with Crippen LogP contribution < -0.4 is 10.3 Å². The zero-order valence-electron chi connectivity index (χ0n) is 15.7. The number of carbonyl (C=O) groups is 1. The quantitative estimate of drug-likeness (QED) is 0.539. The largest absolute Gasteiger partial charge is 0.494 e. The van der Waals surface area contributed by atoms with E-state index in [1.165, 1.54) is 6.92 Å². The van der Waals surface area contributed by atoms with E-state index in [0.29, 0.717) is 12.2 Å². The van der Waals surface area contributed by atoms with Gasteiger partial charge in [0, 0.05) is 6.54 Å². The number of para-hydroxylation sites is 1. The molecule has 27 heavy (non-hydrogen) atoms. The number of carbonyl (C=O) groups excluding carboxylic acids is 1. The molecule has 0 spiro atoms. The molecule has 6 heteroatoms. The number of rotatable bonds is 9. The first-order valence-electron chi connectivity index (χ1n) is 9.08. The molecule has 1 aromatic carbocycles. The molecule has 0 bridgehead atoms. The van der Waals surface area contributed by atoms with Crippen LogP contribution in [-0.4, -0.2) is 22.1 Å². The van der Waals surface area contributed by atoms with Gasteiger partial charge in [-0.1, -0.05) is 44.4 Å². The predicted octanol–water partition coefficient (Wildman–Crippen LogP) is 3.58. The van der Waals surface area contributed by atoms with E-state index < -0.39 is 17.2 Å². The number of Topliss-reactive ketones (excluding diaryl/α,β-unsaturated/α-hetero) is 1. The highest BCUT2D eigenvalue weighted by Gasteiger charge is 2.24. The monoisotopic (exact) mass is 368 g/mol. The minimum Gasteiger partial charge on any atom is -0.494 e. The fraction of sp³-hybridized carbons (Fsp3) is 0.381. The summed E-state index contributed by atoms with van der Waals surface area (Å²) >= 11 is 0. The predicted molar refractivity (Wildman–Crippen MR) is 102 cm³/mol. The maximum Gasteiger partial charge on any atom is 0.271 e. The van der Waals surface area contributed by atoms with Crippen LogP contribution in [0.3, 0.4) is 0 Å². The fourth-order valence-electron chi connectivity index (χ4n) is 2.93. The molecule has 1 heterocycles. The van der Waals surface area contributed by atoms with Crippen LogP contribution in [0.25, 0.3) is 0 Å². The average molecular weight is 368 g/mol. The molecule has 0 saturated carbocycles. The molecular formula is C21H24N2O4. The normalized spacial score (nSPS) is 10.4. The van der Waals surface area contributed by atoms with Gasteiger partial charge in [0.05, 0.1) is 5.56 Å². The van der Waals surface area contributed by atoms with E-state index >= 15 is 0 Å². The van der Waals surface area contributed by atoms with Crippen LogP contribution >= 0.6 is 0 Å². The first kappa shape index (κ1) is 20.2. The first-order chi connectivity index (χ1) is 13.0. The summed E-state index contributed by atoms with van der Waals surface area (Å²) in [7, 11) is 0. The Morgan fingerprint density at radius 1 is 1.22 bits per heavy atom. The van der Waals surface area contributed by atoms with E-state index in [2.05, 4.69) is 6.92 Å². The Hall–Kier alpha value is -3.07. The van der Waals surface area contributed by atoms with E-state index in [1.54, 1.807) is 24.3 Å². The van der Waals surface area contributed by atoms with Crippen molar-refractivity contribution < 1.29 is 14.6 Å². The van der Waals surface area contributed by atoms with E-state index in [9.17, 15) is 20.0 Å². The lowest BCUT2D eigenvalue weighted by Gasteiger charge is -2.15. The van der Waals surface area contributed by atoms with Crippen LogP contribution in [0.4, 0.5) is 0 Å². The Morgan fingerprint density at radius 2 is 1.93 bits per heavy atom. The van der Waals surface area contributed by atoms with Crippen LogP contribution in [-0.2, 0) is 6.54 Å². The van der Waals surface area contributed by atoms with Crippen LogP contribution in [0.2, 0.25) is 0 Å². The maximum atomic E-state index is 12.7. The highest BCUT2D eigenvalue weighted by atomic mass is 16.5. The number of aromatic nitrogens is 1. The summed E-state index contributed by atoms with van der Waals surface area (Å²) in [6.45, 7) is 3.54. The number of nitrogens with zero attached hydrogens (tertiary/aromatic N) is 2. The molecule has 0 saturated heterocycles. The summed E-state index contributed by atoms with van der Waals surface area (Å²) in [4.78, 5) is 25.2. The minimum absolute atomic E-state index is 0.0300.